The van der Waals surface area contributed by atoms with Crippen molar-refractivity contribution in [3.8, 4) is 0 Å². The summed E-state index contributed by atoms with van der Waals surface area (Å²) in [5.74, 6) is 0.703. The lowest BCUT2D eigenvalue weighted by molar-refractivity contribution is 1.09. The summed E-state index contributed by atoms with van der Waals surface area (Å²) in [7, 11) is 0. The van der Waals surface area contributed by atoms with Crippen LogP contribution in [-0.2, 0) is 0 Å². The lowest BCUT2D eigenvalue weighted by atomic mass is 10.3. The topological polar surface area (TPSA) is 92.5 Å². The van der Waals surface area contributed by atoms with Crippen LogP contribution in [0.4, 0.5) is 17.5 Å². The third kappa shape index (κ3) is 2.27. The molecule has 0 unspecified atom stereocenters. The maximum atomic E-state index is 5.96. The van der Waals surface area contributed by atoms with Gasteiger partial charge in [-0.3, -0.25) is 5.10 Å². The predicted molar refractivity (Wildman–Crippen MR) is 75.8 cm³/mol. The number of fused-ring (bicyclic) bond motifs is 1. The molecule has 1 aromatic carbocycles. The number of hydrogen-bond acceptors (Lipinski definition) is 5. The molecule has 2 heterocycles. The molecule has 19 heavy (non-hydrogen) atoms. The van der Waals surface area contributed by atoms with E-state index in [1.165, 1.54) is 0 Å². The Morgan fingerprint density at radius 2 is 2.00 bits per heavy atom. The van der Waals surface area contributed by atoms with Crippen molar-refractivity contribution in [3.63, 3.8) is 0 Å². The molecular formula is C11H8Cl2N6. The summed E-state index contributed by atoms with van der Waals surface area (Å²) in [4.78, 5) is 8.17. The van der Waals surface area contributed by atoms with Crippen LogP contribution in [0.1, 0.15) is 0 Å². The number of halogens is 2. The Balaban J connectivity index is 2.04. The number of nitrogens with zero attached hydrogens (tertiary/aromatic N) is 3. The van der Waals surface area contributed by atoms with Crippen LogP contribution in [0.25, 0.3) is 11.0 Å². The summed E-state index contributed by atoms with van der Waals surface area (Å²) in [5.41, 5.74) is 6.94. The van der Waals surface area contributed by atoms with E-state index in [9.17, 15) is 0 Å². The van der Waals surface area contributed by atoms with Gasteiger partial charge in [0.05, 0.1) is 21.6 Å². The first-order valence-corrected chi connectivity index (χ1v) is 6.08. The molecule has 8 heteroatoms. The molecule has 0 saturated heterocycles. The molecule has 4 N–H and O–H groups in total. The minimum Gasteiger partial charge on any atom is -0.368 e. The fourth-order valence-electron chi connectivity index (χ4n) is 1.66. The van der Waals surface area contributed by atoms with Gasteiger partial charge < -0.3 is 11.1 Å². The zero-order valence-corrected chi connectivity index (χ0v) is 11.0. The Morgan fingerprint density at radius 1 is 1.16 bits per heavy atom. The number of rotatable bonds is 2. The van der Waals surface area contributed by atoms with Crippen LogP contribution in [0.15, 0.2) is 24.4 Å². The normalized spacial score (nSPS) is 10.8. The molecule has 0 bridgehead atoms. The van der Waals surface area contributed by atoms with Crippen LogP contribution in [0.2, 0.25) is 10.0 Å². The summed E-state index contributed by atoms with van der Waals surface area (Å²) < 4.78 is 0. The molecule has 0 atom stereocenters. The van der Waals surface area contributed by atoms with Gasteiger partial charge in [-0.2, -0.15) is 15.1 Å². The molecule has 3 rings (SSSR count). The van der Waals surface area contributed by atoms with E-state index in [1.807, 2.05) is 0 Å². The van der Waals surface area contributed by atoms with Crippen LogP contribution in [0.3, 0.4) is 0 Å². The van der Waals surface area contributed by atoms with Gasteiger partial charge in [-0.25, -0.2) is 0 Å². The Morgan fingerprint density at radius 3 is 2.79 bits per heavy atom. The maximum Gasteiger partial charge on any atom is 0.224 e. The quantitative estimate of drug-likeness (QED) is 0.676. The van der Waals surface area contributed by atoms with Crippen LogP contribution < -0.4 is 11.1 Å². The molecule has 0 aliphatic carbocycles. The first kappa shape index (κ1) is 12.0. The molecule has 2 aromatic heterocycles. The van der Waals surface area contributed by atoms with E-state index in [4.69, 9.17) is 28.9 Å². The van der Waals surface area contributed by atoms with Gasteiger partial charge >= 0.3 is 0 Å². The number of H-pyrrole nitrogens is 1. The molecule has 0 radical (unpaired) electrons. The van der Waals surface area contributed by atoms with E-state index in [-0.39, 0.29) is 5.95 Å². The van der Waals surface area contributed by atoms with Gasteiger partial charge in [-0.05, 0) is 18.2 Å². The van der Waals surface area contributed by atoms with Crippen molar-refractivity contribution >= 4 is 51.7 Å². The first-order valence-electron chi connectivity index (χ1n) is 5.32. The average molecular weight is 295 g/mol. The fraction of sp³-hybridized carbons (Fsp3) is 0. The van der Waals surface area contributed by atoms with Crippen LogP contribution in [-0.4, -0.2) is 20.2 Å². The number of hydrogen-bond donors (Lipinski definition) is 3. The van der Waals surface area contributed by atoms with E-state index in [1.54, 1.807) is 24.4 Å². The molecule has 0 amide bonds. The van der Waals surface area contributed by atoms with Crippen molar-refractivity contribution in [1.82, 2.24) is 20.2 Å². The molecule has 0 saturated carbocycles. The van der Waals surface area contributed by atoms with E-state index < -0.39 is 0 Å². The van der Waals surface area contributed by atoms with Crippen molar-refractivity contribution in [2.45, 2.75) is 0 Å². The summed E-state index contributed by atoms with van der Waals surface area (Å²) in [6.07, 6.45) is 1.62. The number of nitrogens with two attached hydrogens (primary N) is 1. The van der Waals surface area contributed by atoms with Gasteiger partial charge in [0, 0.05) is 5.69 Å². The van der Waals surface area contributed by atoms with E-state index in [2.05, 4.69) is 25.5 Å². The Labute approximate surface area is 118 Å². The van der Waals surface area contributed by atoms with Gasteiger partial charge in [-0.1, -0.05) is 23.2 Å². The highest BCUT2D eigenvalue weighted by Gasteiger charge is 2.09. The van der Waals surface area contributed by atoms with Gasteiger partial charge in [0.1, 0.15) is 5.82 Å². The van der Waals surface area contributed by atoms with E-state index >= 15 is 0 Å². The molecule has 0 spiro atoms. The van der Waals surface area contributed by atoms with Gasteiger partial charge in [0.15, 0.2) is 5.65 Å². The summed E-state index contributed by atoms with van der Waals surface area (Å²) >= 11 is 11.8. The Bertz CT molecular complexity index is 754. The summed E-state index contributed by atoms with van der Waals surface area (Å²) in [6, 6.07) is 5.19. The van der Waals surface area contributed by atoms with Gasteiger partial charge in [0.25, 0.3) is 0 Å². The van der Waals surface area contributed by atoms with Crippen molar-refractivity contribution in [2.75, 3.05) is 11.1 Å². The van der Waals surface area contributed by atoms with E-state index in [0.717, 1.165) is 11.1 Å². The highest BCUT2D eigenvalue weighted by atomic mass is 35.5. The third-order valence-electron chi connectivity index (χ3n) is 2.51. The lowest BCUT2D eigenvalue weighted by Gasteiger charge is -2.07. The second-order valence-corrected chi connectivity index (χ2v) is 4.63. The maximum absolute atomic E-state index is 5.96. The van der Waals surface area contributed by atoms with Crippen LogP contribution in [0, 0.1) is 0 Å². The van der Waals surface area contributed by atoms with Crippen molar-refractivity contribution < 1.29 is 0 Å². The molecule has 6 nitrogen and oxygen atoms in total. The Kier molecular flexibility index (Phi) is 2.88. The molecule has 0 aliphatic heterocycles. The van der Waals surface area contributed by atoms with Crippen LogP contribution in [0.5, 0.6) is 0 Å². The second-order valence-electron chi connectivity index (χ2n) is 3.82. The zero-order chi connectivity index (χ0) is 13.4. The van der Waals surface area contributed by atoms with Gasteiger partial charge in [0.2, 0.25) is 5.95 Å². The summed E-state index contributed by atoms with van der Waals surface area (Å²) in [6.45, 7) is 0. The van der Waals surface area contributed by atoms with Gasteiger partial charge in [-0.15, -0.1) is 0 Å². The van der Waals surface area contributed by atoms with E-state index in [0.29, 0.717) is 21.5 Å². The second kappa shape index (κ2) is 4.56. The molecule has 3 aromatic rings. The van der Waals surface area contributed by atoms with Crippen molar-refractivity contribution in [3.05, 3.63) is 34.4 Å². The van der Waals surface area contributed by atoms with Crippen LogP contribution >= 0.6 is 23.2 Å². The SMILES string of the molecule is Nc1nc(Nc2ccc(Cl)c(Cl)c2)c2cn[nH]c2n1. The largest absolute Gasteiger partial charge is 0.368 e. The zero-order valence-electron chi connectivity index (χ0n) is 9.48. The minimum atomic E-state index is 0.152. The third-order valence-corrected chi connectivity index (χ3v) is 3.25. The molecular weight excluding hydrogens is 287 g/mol. The minimum absolute atomic E-state index is 0.152. The molecule has 96 valence electrons. The number of anilines is 3. The first-order chi connectivity index (χ1) is 9.13. The standard InChI is InChI=1S/C11H8Cl2N6/c12-7-2-1-5(3-8(7)13)16-9-6-4-15-19-10(6)18-11(14)17-9/h1-4H,(H4,14,15,16,17,18,19). The predicted octanol–water partition coefficient (Wildman–Crippen LogP) is 2.99. The monoisotopic (exact) mass is 294 g/mol. The van der Waals surface area contributed by atoms with Crippen molar-refractivity contribution in [2.24, 2.45) is 0 Å². The smallest absolute Gasteiger partial charge is 0.224 e. The Hall–Kier alpha value is -2.05. The number of aromatic nitrogens is 4. The molecule has 0 aliphatic rings. The highest BCUT2D eigenvalue weighted by molar-refractivity contribution is 6.42. The number of nitrogen functional groups attached to an aromatic ring is 1. The van der Waals surface area contributed by atoms with Crippen molar-refractivity contribution in [1.29, 1.82) is 0 Å². The fourth-order valence-corrected chi connectivity index (χ4v) is 1.96. The summed E-state index contributed by atoms with van der Waals surface area (Å²) in [5, 5.41) is 11.4. The lowest BCUT2D eigenvalue weighted by Crippen LogP contribution is -2.00. The number of aromatic amines is 1. The number of benzene rings is 1. The number of nitrogens with one attached hydrogen (secondary N) is 2. The average Bonchev–Trinajstić information content (AvgIpc) is 2.82. The highest BCUT2D eigenvalue weighted by Crippen LogP contribution is 2.28. The molecule has 0 fully saturated rings.